The minimum Gasteiger partial charge on any atom is -0.497 e. The van der Waals surface area contributed by atoms with Gasteiger partial charge in [-0.25, -0.2) is 0 Å². The molecule has 0 spiro atoms. The van der Waals surface area contributed by atoms with Crippen molar-refractivity contribution < 1.29 is 14.3 Å². The summed E-state index contributed by atoms with van der Waals surface area (Å²) >= 11 is 0. The van der Waals surface area contributed by atoms with E-state index in [1.54, 1.807) is 7.11 Å². The standard InChI is InChI=1S/C26H31N3O3/c1-31-24-11-8-23(9-12-24)29-17-15-28(16-18-29)14-4-13-27-26(30)20-32-25-10-7-21-5-2-3-6-22(21)19-25/h2-3,5-12,19H,4,13-18,20H2,1H3,(H,27,30). The first-order valence-electron chi connectivity index (χ1n) is 11.2. The van der Waals surface area contributed by atoms with Gasteiger partial charge in [0.25, 0.3) is 5.91 Å². The predicted molar refractivity (Wildman–Crippen MR) is 129 cm³/mol. The maximum absolute atomic E-state index is 12.1. The van der Waals surface area contributed by atoms with E-state index in [9.17, 15) is 4.79 Å². The smallest absolute Gasteiger partial charge is 0.257 e. The lowest BCUT2D eigenvalue weighted by Gasteiger charge is -2.36. The van der Waals surface area contributed by atoms with Gasteiger partial charge in [-0.15, -0.1) is 0 Å². The van der Waals surface area contributed by atoms with Gasteiger partial charge in [-0.05, 0) is 60.1 Å². The minimum atomic E-state index is -0.0810. The van der Waals surface area contributed by atoms with Gasteiger partial charge in [0.05, 0.1) is 7.11 Å². The van der Waals surface area contributed by atoms with E-state index in [1.807, 2.05) is 48.5 Å². The van der Waals surface area contributed by atoms with Crippen molar-refractivity contribution in [3.63, 3.8) is 0 Å². The second-order valence-electron chi connectivity index (χ2n) is 8.03. The summed E-state index contributed by atoms with van der Waals surface area (Å²) in [6, 6.07) is 22.2. The first kappa shape index (κ1) is 22.0. The van der Waals surface area contributed by atoms with E-state index in [-0.39, 0.29) is 12.5 Å². The Bertz CT molecular complexity index is 1010. The quantitative estimate of drug-likeness (QED) is 0.523. The minimum absolute atomic E-state index is 0.0406. The predicted octanol–water partition coefficient (Wildman–Crippen LogP) is 3.56. The van der Waals surface area contributed by atoms with Gasteiger partial charge in [0.1, 0.15) is 11.5 Å². The zero-order valence-corrected chi connectivity index (χ0v) is 18.6. The van der Waals surface area contributed by atoms with Crippen LogP contribution in [0.4, 0.5) is 5.69 Å². The molecule has 0 atom stereocenters. The van der Waals surface area contributed by atoms with Crippen molar-refractivity contribution in [2.75, 3.05) is 57.9 Å². The van der Waals surface area contributed by atoms with Gasteiger partial charge in [-0.3, -0.25) is 9.69 Å². The van der Waals surface area contributed by atoms with E-state index < -0.39 is 0 Å². The molecule has 0 aromatic heterocycles. The number of benzene rings is 3. The van der Waals surface area contributed by atoms with Crippen molar-refractivity contribution in [1.29, 1.82) is 0 Å². The van der Waals surface area contributed by atoms with Gasteiger partial charge in [0.2, 0.25) is 0 Å². The molecular formula is C26H31N3O3. The van der Waals surface area contributed by atoms with E-state index in [0.29, 0.717) is 12.3 Å². The summed E-state index contributed by atoms with van der Waals surface area (Å²) in [5, 5.41) is 5.23. The van der Waals surface area contributed by atoms with E-state index >= 15 is 0 Å². The van der Waals surface area contributed by atoms with Crippen LogP contribution in [0, 0.1) is 0 Å². The van der Waals surface area contributed by atoms with E-state index in [1.165, 1.54) is 5.69 Å². The molecule has 4 rings (SSSR count). The number of nitrogens with one attached hydrogen (secondary N) is 1. The number of methoxy groups -OCH3 is 1. The highest BCUT2D eigenvalue weighted by molar-refractivity contribution is 5.84. The molecule has 0 unspecified atom stereocenters. The van der Waals surface area contributed by atoms with Gasteiger partial charge < -0.3 is 19.7 Å². The van der Waals surface area contributed by atoms with E-state index in [2.05, 4.69) is 33.3 Å². The van der Waals surface area contributed by atoms with Gasteiger partial charge >= 0.3 is 0 Å². The van der Waals surface area contributed by atoms with Crippen LogP contribution in [0.1, 0.15) is 6.42 Å². The molecule has 0 saturated carbocycles. The number of carbonyl (C=O) groups is 1. The molecule has 0 bridgehead atoms. The number of hydrogen-bond acceptors (Lipinski definition) is 5. The zero-order chi connectivity index (χ0) is 22.2. The number of fused-ring (bicyclic) bond motifs is 1. The van der Waals surface area contributed by atoms with Crippen LogP contribution in [0.3, 0.4) is 0 Å². The average Bonchev–Trinajstić information content (AvgIpc) is 2.85. The second-order valence-corrected chi connectivity index (χ2v) is 8.03. The fraction of sp³-hybridized carbons (Fsp3) is 0.346. The molecule has 1 aliphatic rings. The van der Waals surface area contributed by atoms with Crippen molar-refractivity contribution in [3.8, 4) is 11.5 Å². The molecule has 3 aromatic carbocycles. The molecule has 1 fully saturated rings. The molecule has 168 valence electrons. The summed E-state index contributed by atoms with van der Waals surface area (Å²) in [6.45, 7) is 5.78. The van der Waals surface area contributed by atoms with Crippen molar-refractivity contribution in [2.24, 2.45) is 0 Å². The Balaban J connectivity index is 1.11. The Kier molecular flexibility index (Phi) is 7.46. The summed E-state index contributed by atoms with van der Waals surface area (Å²) in [6.07, 6.45) is 0.935. The summed E-state index contributed by atoms with van der Waals surface area (Å²) < 4.78 is 10.9. The number of amides is 1. The fourth-order valence-electron chi connectivity index (χ4n) is 4.01. The summed E-state index contributed by atoms with van der Waals surface area (Å²) in [5.41, 5.74) is 1.24. The van der Waals surface area contributed by atoms with Crippen LogP contribution >= 0.6 is 0 Å². The van der Waals surface area contributed by atoms with Crippen LogP contribution in [-0.2, 0) is 4.79 Å². The number of carbonyl (C=O) groups excluding carboxylic acids is 1. The molecule has 3 aromatic rings. The highest BCUT2D eigenvalue weighted by atomic mass is 16.5. The third-order valence-corrected chi connectivity index (χ3v) is 5.87. The first-order chi connectivity index (χ1) is 15.7. The lowest BCUT2D eigenvalue weighted by Crippen LogP contribution is -2.47. The highest BCUT2D eigenvalue weighted by Gasteiger charge is 2.17. The molecule has 32 heavy (non-hydrogen) atoms. The second kappa shape index (κ2) is 10.9. The van der Waals surface area contributed by atoms with Gasteiger partial charge in [-0.1, -0.05) is 30.3 Å². The van der Waals surface area contributed by atoms with Crippen molar-refractivity contribution in [2.45, 2.75) is 6.42 Å². The van der Waals surface area contributed by atoms with E-state index in [0.717, 1.165) is 55.7 Å². The van der Waals surface area contributed by atoms with Gasteiger partial charge in [-0.2, -0.15) is 0 Å². The molecule has 6 heteroatoms. The molecule has 1 amide bonds. The lowest BCUT2D eigenvalue weighted by atomic mass is 10.1. The zero-order valence-electron chi connectivity index (χ0n) is 18.6. The highest BCUT2D eigenvalue weighted by Crippen LogP contribution is 2.21. The maximum atomic E-state index is 12.1. The molecule has 1 aliphatic heterocycles. The monoisotopic (exact) mass is 433 g/mol. The van der Waals surface area contributed by atoms with Crippen LogP contribution in [-0.4, -0.2) is 63.8 Å². The summed E-state index contributed by atoms with van der Waals surface area (Å²) in [7, 11) is 1.69. The summed E-state index contributed by atoms with van der Waals surface area (Å²) in [5.74, 6) is 1.52. The molecule has 1 saturated heterocycles. The number of ether oxygens (including phenoxy) is 2. The Morgan fingerprint density at radius 2 is 1.62 bits per heavy atom. The van der Waals surface area contributed by atoms with Crippen LogP contribution in [0.25, 0.3) is 10.8 Å². The van der Waals surface area contributed by atoms with Gasteiger partial charge in [0.15, 0.2) is 6.61 Å². The molecule has 1 N–H and O–H groups in total. The number of rotatable bonds is 9. The number of hydrogen-bond donors (Lipinski definition) is 1. The SMILES string of the molecule is COc1ccc(N2CCN(CCCNC(=O)COc3ccc4ccccc4c3)CC2)cc1. The van der Waals surface area contributed by atoms with Crippen molar-refractivity contribution in [1.82, 2.24) is 10.2 Å². The third-order valence-electron chi connectivity index (χ3n) is 5.87. The Morgan fingerprint density at radius 1 is 0.906 bits per heavy atom. The van der Waals surface area contributed by atoms with Crippen molar-refractivity contribution >= 4 is 22.4 Å². The van der Waals surface area contributed by atoms with Crippen LogP contribution < -0.4 is 19.7 Å². The average molecular weight is 434 g/mol. The fourth-order valence-corrected chi connectivity index (χ4v) is 4.01. The van der Waals surface area contributed by atoms with Crippen LogP contribution in [0.15, 0.2) is 66.7 Å². The third kappa shape index (κ3) is 5.92. The molecule has 0 aliphatic carbocycles. The topological polar surface area (TPSA) is 54.0 Å². The first-order valence-corrected chi connectivity index (χ1v) is 11.2. The number of nitrogens with zero attached hydrogens (tertiary/aromatic N) is 2. The molecule has 0 radical (unpaired) electrons. The lowest BCUT2D eigenvalue weighted by molar-refractivity contribution is -0.123. The summed E-state index contributed by atoms with van der Waals surface area (Å²) in [4.78, 5) is 17.0. The molecule has 1 heterocycles. The van der Waals surface area contributed by atoms with E-state index in [4.69, 9.17) is 9.47 Å². The van der Waals surface area contributed by atoms with Crippen molar-refractivity contribution in [3.05, 3.63) is 66.7 Å². The Labute approximate surface area is 189 Å². The van der Waals surface area contributed by atoms with Crippen LogP contribution in [0.5, 0.6) is 11.5 Å². The number of anilines is 1. The maximum Gasteiger partial charge on any atom is 0.257 e. The molecular weight excluding hydrogens is 402 g/mol. The molecule has 6 nitrogen and oxygen atoms in total. The Morgan fingerprint density at radius 3 is 2.38 bits per heavy atom. The Hall–Kier alpha value is -3.25. The number of piperazine rings is 1. The largest absolute Gasteiger partial charge is 0.497 e. The van der Waals surface area contributed by atoms with Crippen LogP contribution in [0.2, 0.25) is 0 Å². The normalized spacial score (nSPS) is 14.3. The van der Waals surface area contributed by atoms with Gasteiger partial charge in [0, 0.05) is 38.4 Å².